The van der Waals surface area contributed by atoms with Gasteiger partial charge in [-0.1, -0.05) is 38.1 Å². The Balaban J connectivity index is 1.19. The highest BCUT2D eigenvalue weighted by atomic mass is 16.5. The van der Waals surface area contributed by atoms with Crippen LogP contribution in [0.25, 0.3) is 28.0 Å². The molecule has 3 N–H and O–H groups in total. The lowest BCUT2D eigenvalue weighted by Crippen LogP contribution is -2.38. The van der Waals surface area contributed by atoms with E-state index in [9.17, 15) is 4.79 Å². The number of nitrogens with one attached hydrogen (secondary N) is 1. The molecule has 6 rings (SSSR count). The van der Waals surface area contributed by atoms with Crippen LogP contribution in [0.5, 0.6) is 5.75 Å². The fourth-order valence-corrected chi connectivity index (χ4v) is 5.01. The van der Waals surface area contributed by atoms with Crippen LogP contribution < -0.4 is 15.8 Å². The van der Waals surface area contributed by atoms with Gasteiger partial charge in [0.2, 0.25) is 5.91 Å². The number of benzene rings is 2. The van der Waals surface area contributed by atoms with Gasteiger partial charge in [-0.05, 0) is 36.4 Å². The number of rotatable bonds is 9. The van der Waals surface area contributed by atoms with E-state index in [0.717, 1.165) is 55.6 Å². The summed E-state index contributed by atoms with van der Waals surface area (Å²) in [6.45, 7) is 10.9. The Bertz CT molecular complexity index is 1750. The van der Waals surface area contributed by atoms with Gasteiger partial charge in [0.25, 0.3) is 0 Å². The van der Waals surface area contributed by atoms with Crippen molar-refractivity contribution in [2.24, 2.45) is 0 Å². The Hall–Kier alpha value is -4.81. The van der Waals surface area contributed by atoms with Gasteiger partial charge in [0.1, 0.15) is 36.0 Å². The SMILES string of the molecule is CC(C)(C)c1cc(CC(=O)Nc2ccc(-n3nc(-c4cccc(OCCN5CCOCC5)c4)c4c(N)ncnc43)cc2)no1. The van der Waals surface area contributed by atoms with Gasteiger partial charge in [-0.25, -0.2) is 14.6 Å². The highest BCUT2D eigenvalue weighted by Crippen LogP contribution is 2.33. The lowest BCUT2D eigenvalue weighted by Gasteiger charge is -2.26. The van der Waals surface area contributed by atoms with Crippen molar-refractivity contribution in [1.29, 1.82) is 0 Å². The van der Waals surface area contributed by atoms with Crippen LogP contribution in [0.15, 0.2) is 65.4 Å². The molecule has 1 amide bonds. The van der Waals surface area contributed by atoms with E-state index in [1.165, 1.54) is 6.33 Å². The van der Waals surface area contributed by atoms with Gasteiger partial charge in [0, 0.05) is 42.4 Å². The van der Waals surface area contributed by atoms with Crippen molar-refractivity contribution in [3.63, 3.8) is 0 Å². The summed E-state index contributed by atoms with van der Waals surface area (Å²) in [5.74, 6) is 1.63. The lowest BCUT2D eigenvalue weighted by molar-refractivity contribution is -0.115. The number of nitrogen functional groups attached to an aromatic ring is 1. The third kappa shape index (κ3) is 6.56. The summed E-state index contributed by atoms with van der Waals surface area (Å²) in [6, 6.07) is 17.0. The number of nitrogens with zero attached hydrogens (tertiary/aromatic N) is 6. The van der Waals surface area contributed by atoms with Gasteiger partial charge in [0.05, 0.1) is 36.4 Å². The molecule has 5 aromatic rings. The minimum Gasteiger partial charge on any atom is -0.492 e. The lowest BCUT2D eigenvalue weighted by atomic mass is 9.93. The molecule has 1 aliphatic rings. The molecule has 12 nitrogen and oxygen atoms in total. The summed E-state index contributed by atoms with van der Waals surface area (Å²) in [6.07, 6.45) is 1.54. The highest BCUT2D eigenvalue weighted by Gasteiger charge is 2.21. The van der Waals surface area contributed by atoms with Crippen LogP contribution in [0.1, 0.15) is 32.2 Å². The number of carbonyl (C=O) groups excluding carboxylic acids is 1. The molecule has 0 radical (unpaired) electrons. The van der Waals surface area contributed by atoms with Gasteiger partial charge in [-0.2, -0.15) is 5.10 Å². The minimum absolute atomic E-state index is 0.112. The molecular weight excluding hydrogens is 560 g/mol. The van der Waals surface area contributed by atoms with Crippen molar-refractivity contribution in [1.82, 2.24) is 29.8 Å². The summed E-state index contributed by atoms with van der Waals surface area (Å²) in [5.41, 5.74) is 10.2. The first-order valence-corrected chi connectivity index (χ1v) is 14.6. The summed E-state index contributed by atoms with van der Waals surface area (Å²) in [4.78, 5) is 23.7. The third-order valence-electron chi connectivity index (χ3n) is 7.42. The largest absolute Gasteiger partial charge is 0.492 e. The van der Waals surface area contributed by atoms with Gasteiger partial charge in [-0.15, -0.1) is 0 Å². The summed E-state index contributed by atoms with van der Waals surface area (Å²) >= 11 is 0. The normalized spacial score (nSPS) is 14.2. The molecule has 0 bridgehead atoms. The fourth-order valence-electron chi connectivity index (χ4n) is 5.01. The maximum atomic E-state index is 12.7. The fraction of sp³-hybridized carbons (Fsp3) is 0.344. The van der Waals surface area contributed by atoms with Crippen LogP contribution in [0.3, 0.4) is 0 Å². The second-order valence-corrected chi connectivity index (χ2v) is 11.8. The zero-order chi connectivity index (χ0) is 30.7. The van der Waals surface area contributed by atoms with Gasteiger partial charge < -0.3 is 25.0 Å². The molecule has 1 saturated heterocycles. The number of morpholine rings is 1. The zero-order valence-electron chi connectivity index (χ0n) is 25.1. The van der Waals surface area contributed by atoms with E-state index < -0.39 is 0 Å². The minimum atomic E-state index is -0.189. The number of hydrogen-bond donors (Lipinski definition) is 2. The molecule has 228 valence electrons. The number of fused-ring (bicyclic) bond motifs is 1. The standard InChI is InChI=1S/C32H36N8O4/c1-32(2,3)26-18-23(38-44-26)19-27(41)36-22-7-9-24(10-8-22)40-31-28(30(33)34-20-35-31)29(37-40)21-5-4-6-25(17-21)43-16-13-39-11-14-42-15-12-39/h4-10,17-18,20H,11-16,19H2,1-3H3,(H,36,41)(H2,33,34,35). The number of anilines is 2. The number of carbonyl (C=O) groups is 1. The number of amides is 1. The summed E-state index contributed by atoms with van der Waals surface area (Å²) < 4.78 is 18.6. The average Bonchev–Trinajstić information content (AvgIpc) is 3.65. The first-order chi connectivity index (χ1) is 21.2. The number of aromatic nitrogens is 5. The maximum Gasteiger partial charge on any atom is 0.230 e. The monoisotopic (exact) mass is 596 g/mol. The molecule has 44 heavy (non-hydrogen) atoms. The molecule has 12 heteroatoms. The van der Waals surface area contributed by atoms with Crippen LogP contribution in [-0.4, -0.2) is 75.2 Å². The Labute approximate surface area is 255 Å². The van der Waals surface area contributed by atoms with Crippen LogP contribution in [-0.2, 0) is 21.4 Å². The van der Waals surface area contributed by atoms with E-state index in [-0.39, 0.29) is 17.7 Å². The molecule has 0 unspecified atom stereocenters. The highest BCUT2D eigenvalue weighted by molar-refractivity contribution is 5.99. The first-order valence-electron chi connectivity index (χ1n) is 14.6. The van der Waals surface area contributed by atoms with E-state index in [2.05, 4.69) is 25.3 Å². The average molecular weight is 597 g/mol. The van der Waals surface area contributed by atoms with Crippen molar-refractivity contribution >= 4 is 28.4 Å². The predicted octanol–water partition coefficient (Wildman–Crippen LogP) is 4.24. The molecule has 0 atom stereocenters. The van der Waals surface area contributed by atoms with Crippen molar-refractivity contribution in [2.45, 2.75) is 32.6 Å². The molecular formula is C32H36N8O4. The zero-order valence-corrected chi connectivity index (χ0v) is 25.1. The smallest absolute Gasteiger partial charge is 0.230 e. The molecule has 4 heterocycles. The summed E-state index contributed by atoms with van der Waals surface area (Å²) in [5, 5.41) is 12.5. The van der Waals surface area contributed by atoms with E-state index in [0.29, 0.717) is 40.5 Å². The molecule has 0 spiro atoms. The number of ether oxygens (including phenoxy) is 2. The van der Waals surface area contributed by atoms with Crippen LogP contribution >= 0.6 is 0 Å². The van der Waals surface area contributed by atoms with Gasteiger partial charge in [-0.3, -0.25) is 9.69 Å². The quantitative estimate of drug-likeness (QED) is 0.253. The Kier molecular flexibility index (Phi) is 8.27. The maximum absolute atomic E-state index is 12.7. The number of hydrogen-bond acceptors (Lipinski definition) is 10. The predicted molar refractivity (Wildman–Crippen MR) is 167 cm³/mol. The molecule has 0 aliphatic carbocycles. The molecule has 1 aliphatic heterocycles. The van der Waals surface area contributed by atoms with Crippen LogP contribution in [0, 0.1) is 0 Å². The molecule has 1 fully saturated rings. The van der Waals surface area contributed by atoms with Crippen molar-refractivity contribution in [3.8, 4) is 22.7 Å². The third-order valence-corrected chi connectivity index (χ3v) is 7.42. The van der Waals surface area contributed by atoms with Crippen LogP contribution in [0.4, 0.5) is 11.5 Å². The van der Waals surface area contributed by atoms with Gasteiger partial charge >= 0.3 is 0 Å². The Morgan fingerprint density at radius 3 is 2.61 bits per heavy atom. The second kappa shape index (κ2) is 12.4. The van der Waals surface area contributed by atoms with E-state index >= 15 is 0 Å². The second-order valence-electron chi connectivity index (χ2n) is 11.8. The van der Waals surface area contributed by atoms with E-state index in [4.69, 9.17) is 24.8 Å². The number of nitrogens with two attached hydrogens (primary N) is 1. The molecule has 2 aromatic carbocycles. The molecule has 3 aromatic heterocycles. The Morgan fingerprint density at radius 2 is 1.86 bits per heavy atom. The topological polar surface area (TPSA) is 146 Å². The van der Waals surface area contributed by atoms with Crippen LogP contribution in [0.2, 0.25) is 0 Å². The van der Waals surface area contributed by atoms with E-state index in [1.54, 1.807) is 4.68 Å². The van der Waals surface area contributed by atoms with Crippen molar-refractivity contribution in [3.05, 3.63) is 72.4 Å². The van der Waals surface area contributed by atoms with Crippen molar-refractivity contribution < 1.29 is 18.8 Å². The summed E-state index contributed by atoms with van der Waals surface area (Å²) in [7, 11) is 0. The van der Waals surface area contributed by atoms with E-state index in [1.807, 2.05) is 75.4 Å². The first kappa shape index (κ1) is 29.3. The molecule has 0 saturated carbocycles. The Morgan fingerprint density at radius 1 is 1.07 bits per heavy atom. The van der Waals surface area contributed by atoms with Gasteiger partial charge in [0.15, 0.2) is 5.65 Å². The van der Waals surface area contributed by atoms with Crippen molar-refractivity contribution in [2.75, 3.05) is 50.5 Å².